The van der Waals surface area contributed by atoms with Gasteiger partial charge in [0.05, 0.1) is 16.8 Å². The molecule has 0 radical (unpaired) electrons. The molecule has 4 rings (SSSR count). The maximum absolute atomic E-state index is 13.4. The number of hydrogen-bond acceptors (Lipinski definition) is 5. The molecule has 152 valence electrons. The van der Waals surface area contributed by atoms with E-state index in [9.17, 15) is 9.60 Å². The van der Waals surface area contributed by atoms with Crippen molar-refractivity contribution in [3.63, 3.8) is 0 Å². The molecule has 3 heterocycles. The first-order valence-electron chi connectivity index (χ1n) is 9.69. The number of likely N-dealkylation sites (N-methyl/N-ethyl adjacent to an activating group) is 1. The number of fused-ring (bicyclic) bond motifs is 1. The third kappa shape index (κ3) is 4.41. The summed E-state index contributed by atoms with van der Waals surface area (Å²) in [6.07, 6.45) is 4.85. The Morgan fingerprint density at radius 3 is 3.03 bits per heavy atom. The number of aromatic nitrogens is 1. The monoisotopic (exact) mass is 415 g/mol. The van der Waals surface area contributed by atoms with Crippen LogP contribution in [-0.2, 0) is 12.8 Å². The van der Waals surface area contributed by atoms with Gasteiger partial charge in [0.15, 0.2) is 0 Å². The number of hydrogen-bond donors (Lipinski definition) is 2. The van der Waals surface area contributed by atoms with Crippen molar-refractivity contribution >= 4 is 29.0 Å². The lowest BCUT2D eigenvalue weighted by atomic mass is 9.98. The number of aliphatic imine (C=N–C) groups is 1. The Kier molecular flexibility index (Phi) is 5.78. The van der Waals surface area contributed by atoms with Crippen LogP contribution in [0.1, 0.15) is 29.5 Å². The SMILES string of the molecule is CN1CCCC(N=C2Cc3c(/C(Cc4ccc(F)c(Cl)c4)=N/O)ccnc3N2)C1. The third-order valence-electron chi connectivity index (χ3n) is 5.39. The van der Waals surface area contributed by atoms with Crippen LogP contribution in [0.3, 0.4) is 0 Å². The van der Waals surface area contributed by atoms with E-state index in [1.807, 2.05) is 6.07 Å². The van der Waals surface area contributed by atoms with Crippen molar-refractivity contribution in [2.75, 3.05) is 25.5 Å². The summed E-state index contributed by atoms with van der Waals surface area (Å²) in [5, 5.41) is 16.5. The molecule has 0 saturated carbocycles. The molecule has 0 amide bonds. The zero-order chi connectivity index (χ0) is 20.4. The number of halogens is 2. The summed E-state index contributed by atoms with van der Waals surface area (Å²) in [6.45, 7) is 2.07. The van der Waals surface area contributed by atoms with Gasteiger partial charge in [-0.15, -0.1) is 0 Å². The lowest BCUT2D eigenvalue weighted by molar-refractivity contribution is 0.253. The standard InChI is InChI=1S/C21H23ClFN5O/c1-28-8-2-3-14(12-28)25-20-11-16-15(6-7-24-21(16)26-20)19(27-29)10-13-4-5-18(23)17(22)9-13/h4-7,9,14,29H,2-3,8,10-12H2,1H3,(H,24,25,26)/b27-19+. The van der Waals surface area contributed by atoms with E-state index < -0.39 is 5.82 Å². The van der Waals surface area contributed by atoms with Crippen LogP contribution in [0.5, 0.6) is 0 Å². The van der Waals surface area contributed by atoms with Crippen LogP contribution < -0.4 is 5.32 Å². The maximum Gasteiger partial charge on any atom is 0.141 e. The molecular weight excluding hydrogens is 393 g/mol. The van der Waals surface area contributed by atoms with Gasteiger partial charge in [0, 0.05) is 36.7 Å². The van der Waals surface area contributed by atoms with Gasteiger partial charge in [-0.3, -0.25) is 4.99 Å². The highest BCUT2D eigenvalue weighted by molar-refractivity contribution is 6.30. The highest BCUT2D eigenvalue weighted by Gasteiger charge is 2.25. The van der Waals surface area contributed by atoms with Crippen molar-refractivity contribution in [1.82, 2.24) is 9.88 Å². The number of pyridine rings is 1. The average Bonchev–Trinajstić information content (AvgIpc) is 3.11. The zero-order valence-electron chi connectivity index (χ0n) is 16.2. The molecule has 0 bridgehead atoms. The number of likely N-dealkylation sites (tertiary alicyclic amines) is 1. The second-order valence-electron chi connectivity index (χ2n) is 7.59. The number of piperidine rings is 1. The summed E-state index contributed by atoms with van der Waals surface area (Å²) >= 11 is 5.89. The molecule has 29 heavy (non-hydrogen) atoms. The Balaban J connectivity index is 1.56. The molecule has 1 atom stereocenters. The van der Waals surface area contributed by atoms with Crippen molar-refractivity contribution in [1.29, 1.82) is 0 Å². The minimum absolute atomic E-state index is 0.0493. The lowest BCUT2D eigenvalue weighted by Gasteiger charge is -2.27. The third-order valence-corrected chi connectivity index (χ3v) is 5.68. The van der Waals surface area contributed by atoms with Gasteiger partial charge < -0.3 is 15.4 Å². The largest absolute Gasteiger partial charge is 0.411 e. The normalized spacial score (nSPS) is 21.3. The highest BCUT2D eigenvalue weighted by Crippen LogP contribution is 2.27. The molecule has 1 unspecified atom stereocenters. The Bertz CT molecular complexity index is 978. The number of nitrogens with one attached hydrogen (secondary N) is 1. The first kappa shape index (κ1) is 19.8. The molecule has 2 aliphatic rings. The van der Waals surface area contributed by atoms with Crippen molar-refractivity contribution in [2.45, 2.75) is 31.7 Å². The number of nitrogens with zero attached hydrogens (tertiary/aromatic N) is 4. The second kappa shape index (κ2) is 8.47. The molecular formula is C21H23ClFN5O. The van der Waals surface area contributed by atoms with E-state index >= 15 is 0 Å². The van der Waals surface area contributed by atoms with Gasteiger partial charge in [-0.25, -0.2) is 9.37 Å². The van der Waals surface area contributed by atoms with E-state index in [1.54, 1.807) is 18.3 Å². The van der Waals surface area contributed by atoms with Crippen molar-refractivity contribution < 1.29 is 9.60 Å². The van der Waals surface area contributed by atoms with E-state index in [4.69, 9.17) is 16.6 Å². The highest BCUT2D eigenvalue weighted by atomic mass is 35.5. The minimum Gasteiger partial charge on any atom is -0.411 e. The fourth-order valence-electron chi connectivity index (χ4n) is 3.97. The van der Waals surface area contributed by atoms with Crippen LogP contribution in [0.2, 0.25) is 5.02 Å². The van der Waals surface area contributed by atoms with Gasteiger partial charge in [-0.05, 0) is 50.2 Å². The molecule has 2 N–H and O–H groups in total. The zero-order valence-corrected chi connectivity index (χ0v) is 17.0. The lowest BCUT2D eigenvalue weighted by Crippen LogP contribution is -2.35. The summed E-state index contributed by atoms with van der Waals surface area (Å²) in [7, 11) is 2.12. The first-order chi connectivity index (χ1) is 14.0. The van der Waals surface area contributed by atoms with Crippen molar-refractivity contribution in [3.8, 4) is 0 Å². The fraction of sp³-hybridized carbons (Fsp3) is 0.381. The van der Waals surface area contributed by atoms with Gasteiger partial charge in [-0.2, -0.15) is 0 Å². The van der Waals surface area contributed by atoms with Crippen LogP contribution >= 0.6 is 11.6 Å². The Morgan fingerprint density at radius 1 is 1.41 bits per heavy atom. The van der Waals surface area contributed by atoms with E-state index in [0.29, 0.717) is 18.6 Å². The molecule has 1 saturated heterocycles. The maximum atomic E-state index is 13.4. The number of anilines is 1. The Labute approximate surface area is 174 Å². The average molecular weight is 416 g/mol. The molecule has 1 aromatic carbocycles. The number of rotatable bonds is 4. The molecule has 2 aromatic rings. The predicted molar refractivity (Wildman–Crippen MR) is 113 cm³/mol. The summed E-state index contributed by atoms with van der Waals surface area (Å²) in [4.78, 5) is 11.6. The van der Waals surface area contributed by atoms with Crippen molar-refractivity contribution in [3.05, 3.63) is 58.0 Å². The van der Waals surface area contributed by atoms with Crippen LogP contribution in [0.25, 0.3) is 0 Å². The quantitative estimate of drug-likeness (QED) is 0.453. The molecule has 2 aliphatic heterocycles. The van der Waals surface area contributed by atoms with E-state index in [-0.39, 0.29) is 11.1 Å². The molecule has 0 aliphatic carbocycles. The van der Waals surface area contributed by atoms with Crippen LogP contribution in [0.4, 0.5) is 10.2 Å². The first-order valence-corrected chi connectivity index (χ1v) is 10.1. The van der Waals surface area contributed by atoms with Crippen LogP contribution in [-0.4, -0.2) is 52.8 Å². The molecule has 1 aromatic heterocycles. The predicted octanol–water partition coefficient (Wildman–Crippen LogP) is 3.76. The second-order valence-corrected chi connectivity index (χ2v) is 8.00. The Morgan fingerprint density at radius 2 is 2.28 bits per heavy atom. The molecule has 0 spiro atoms. The van der Waals surface area contributed by atoms with E-state index in [0.717, 1.165) is 54.3 Å². The number of benzene rings is 1. The molecule has 6 nitrogen and oxygen atoms in total. The number of amidine groups is 1. The van der Waals surface area contributed by atoms with Gasteiger partial charge in [0.1, 0.15) is 17.5 Å². The van der Waals surface area contributed by atoms with E-state index in [2.05, 4.69) is 27.4 Å². The minimum atomic E-state index is -0.471. The summed E-state index contributed by atoms with van der Waals surface area (Å²) in [5.74, 6) is 1.16. The molecule has 1 fully saturated rings. The number of oxime groups is 1. The van der Waals surface area contributed by atoms with Crippen molar-refractivity contribution in [2.24, 2.45) is 10.1 Å². The van der Waals surface area contributed by atoms with Crippen LogP contribution in [0, 0.1) is 5.82 Å². The fourth-order valence-corrected chi connectivity index (χ4v) is 4.17. The topological polar surface area (TPSA) is 73.1 Å². The summed E-state index contributed by atoms with van der Waals surface area (Å²) in [6, 6.07) is 6.61. The van der Waals surface area contributed by atoms with E-state index in [1.165, 1.54) is 6.07 Å². The van der Waals surface area contributed by atoms with Gasteiger partial charge in [0.25, 0.3) is 0 Å². The summed E-state index contributed by atoms with van der Waals surface area (Å²) < 4.78 is 13.4. The van der Waals surface area contributed by atoms with Gasteiger partial charge in [0.2, 0.25) is 0 Å². The van der Waals surface area contributed by atoms with Gasteiger partial charge in [-0.1, -0.05) is 22.8 Å². The van der Waals surface area contributed by atoms with Crippen LogP contribution in [0.15, 0.2) is 40.6 Å². The van der Waals surface area contributed by atoms with Gasteiger partial charge >= 0.3 is 0 Å². The smallest absolute Gasteiger partial charge is 0.141 e. The summed E-state index contributed by atoms with van der Waals surface area (Å²) in [5.41, 5.74) is 3.00. The Hall–Kier alpha value is -2.51. The molecule has 8 heteroatoms.